The van der Waals surface area contributed by atoms with Crippen molar-refractivity contribution in [3.05, 3.63) is 101 Å². The molecular formula is C24H19FN2O2. The van der Waals surface area contributed by atoms with Crippen molar-refractivity contribution in [3.8, 4) is 11.1 Å². The van der Waals surface area contributed by atoms with Crippen molar-refractivity contribution in [2.75, 3.05) is 5.32 Å². The monoisotopic (exact) mass is 386 g/mol. The Labute approximate surface area is 167 Å². The number of para-hydroxylation sites is 1. The third-order valence-electron chi connectivity index (χ3n) is 4.76. The third kappa shape index (κ3) is 3.94. The van der Waals surface area contributed by atoms with Gasteiger partial charge in [-0.25, -0.2) is 4.39 Å². The zero-order valence-electron chi connectivity index (χ0n) is 15.9. The number of aromatic nitrogens is 1. The van der Waals surface area contributed by atoms with Gasteiger partial charge in [0.2, 0.25) is 5.91 Å². The molecule has 0 aliphatic rings. The fourth-order valence-electron chi connectivity index (χ4n) is 3.34. The van der Waals surface area contributed by atoms with Crippen LogP contribution < -0.4 is 10.7 Å². The molecule has 0 aliphatic heterocycles. The van der Waals surface area contributed by atoms with E-state index in [4.69, 9.17) is 0 Å². The summed E-state index contributed by atoms with van der Waals surface area (Å²) in [5, 5.41) is 3.38. The predicted octanol–water partition coefficient (Wildman–Crippen LogP) is 4.75. The van der Waals surface area contributed by atoms with Gasteiger partial charge < -0.3 is 9.88 Å². The Bertz CT molecular complexity index is 1250. The van der Waals surface area contributed by atoms with Gasteiger partial charge in [-0.3, -0.25) is 9.59 Å². The first-order chi connectivity index (χ1) is 14.0. The van der Waals surface area contributed by atoms with Gasteiger partial charge in [-0.2, -0.15) is 0 Å². The number of amides is 1. The summed E-state index contributed by atoms with van der Waals surface area (Å²) in [4.78, 5) is 25.7. The highest BCUT2D eigenvalue weighted by Gasteiger charge is 2.13. The molecule has 5 heteroatoms. The summed E-state index contributed by atoms with van der Waals surface area (Å²) < 4.78 is 15.1. The standard InChI is InChI=1S/C24H19FN2O2/c1-16-7-12-20-22(13-16)27(15-23(28)26-19-5-3-2-4-6-19)14-21(24(20)29)17-8-10-18(25)11-9-17/h2-14H,15H2,1H3,(H,26,28). The maximum absolute atomic E-state index is 13.3. The first kappa shape index (κ1) is 18.6. The molecule has 0 aliphatic carbocycles. The SMILES string of the molecule is Cc1ccc2c(=O)c(-c3ccc(F)cc3)cn(CC(=O)Nc3ccccc3)c2c1. The van der Waals surface area contributed by atoms with E-state index in [1.165, 1.54) is 12.1 Å². The van der Waals surface area contributed by atoms with Crippen molar-refractivity contribution in [3.63, 3.8) is 0 Å². The molecule has 0 saturated carbocycles. The van der Waals surface area contributed by atoms with E-state index in [-0.39, 0.29) is 23.7 Å². The summed E-state index contributed by atoms with van der Waals surface area (Å²) >= 11 is 0. The summed E-state index contributed by atoms with van der Waals surface area (Å²) in [5.74, 6) is -0.569. The smallest absolute Gasteiger partial charge is 0.244 e. The summed E-state index contributed by atoms with van der Waals surface area (Å²) in [5.41, 5.74) is 3.27. The van der Waals surface area contributed by atoms with Gasteiger partial charge in [-0.15, -0.1) is 0 Å². The van der Waals surface area contributed by atoms with E-state index in [9.17, 15) is 14.0 Å². The van der Waals surface area contributed by atoms with Crippen LogP contribution in [0, 0.1) is 12.7 Å². The molecule has 4 aromatic rings. The van der Waals surface area contributed by atoms with Crippen molar-refractivity contribution >= 4 is 22.5 Å². The van der Waals surface area contributed by atoms with Gasteiger partial charge in [-0.05, 0) is 54.4 Å². The lowest BCUT2D eigenvalue weighted by Crippen LogP contribution is -2.21. The van der Waals surface area contributed by atoms with Crippen LogP contribution in [0.3, 0.4) is 0 Å². The molecule has 4 rings (SSSR count). The number of rotatable bonds is 4. The number of carbonyl (C=O) groups is 1. The average molecular weight is 386 g/mol. The second-order valence-corrected chi connectivity index (χ2v) is 6.94. The molecule has 1 amide bonds. The van der Waals surface area contributed by atoms with Gasteiger partial charge in [0, 0.05) is 22.8 Å². The Morgan fingerprint density at radius 2 is 1.72 bits per heavy atom. The molecule has 0 saturated heterocycles. The summed E-state index contributed by atoms with van der Waals surface area (Å²) in [7, 11) is 0. The first-order valence-corrected chi connectivity index (χ1v) is 9.26. The number of hydrogen-bond donors (Lipinski definition) is 1. The van der Waals surface area contributed by atoms with Crippen LogP contribution >= 0.6 is 0 Å². The van der Waals surface area contributed by atoms with E-state index in [0.717, 1.165) is 5.56 Å². The molecule has 0 radical (unpaired) electrons. The van der Waals surface area contributed by atoms with Crippen molar-refractivity contribution in [2.24, 2.45) is 0 Å². The molecule has 3 aromatic carbocycles. The van der Waals surface area contributed by atoms with Crippen LogP contribution in [0.25, 0.3) is 22.0 Å². The Morgan fingerprint density at radius 1 is 1.00 bits per heavy atom. The maximum Gasteiger partial charge on any atom is 0.244 e. The van der Waals surface area contributed by atoms with E-state index in [2.05, 4.69) is 5.32 Å². The Hall–Kier alpha value is -3.73. The Morgan fingerprint density at radius 3 is 2.45 bits per heavy atom. The summed E-state index contributed by atoms with van der Waals surface area (Å²) in [6.07, 6.45) is 1.67. The fourth-order valence-corrected chi connectivity index (χ4v) is 3.34. The van der Waals surface area contributed by atoms with E-state index in [0.29, 0.717) is 27.7 Å². The zero-order chi connectivity index (χ0) is 20.4. The highest BCUT2D eigenvalue weighted by molar-refractivity contribution is 5.92. The minimum Gasteiger partial charge on any atom is -0.337 e. The maximum atomic E-state index is 13.3. The van der Waals surface area contributed by atoms with Gasteiger partial charge in [0.25, 0.3) is 0 Å². The largest absolute Gasteiger partial charge is 0.337 e. The van der Waals surface area contributed by atoms with Crippen LogP contribution in [0.5, 0.6) is 0 Å². The molecule has 0 bridgehead atoms. The van der Waals surface area contributed by atoms with Gasteiger partial charge >= 0.3 is 0 Å². The number of pyridine rings is 1. The van der Waals surface area contributed by atoms with Gasteiger partial charge in [-0.1, -0.05) is 36.4 Å². The lowest BCUT2D eigenvalue weighted by atomic mass is 10.0. The molecule has 29 heavy (non-hydrogen) atoms. The molecular weight excluding hydrogens is 367 g/mol. The van der Waals surface area contributed by atoms with Crippen LogP contribution in [0.2, 0.25) is 0 Å². The Kier molecular flexibility index (Phi) is 4.96. The van der Waals surface area contributed by atoms with Gasteiger partial charge in [0.15, 0.2) is 5.43 Å². The number of aryl methyl sites for hydroxylation is 1. The molecule has 0 spiro atoms. The number of anilines is 1. The summed E-state index contributed by atoms with van der Waals surface area (Å²) in [6.45, 7) is 1.98. The van der Waals surface area contributed by atoms with E-state index >= 15 is 0 Å². The molecule has 1 N–H and O–H groups in total. The average Bonchev–Trinajstić information content (AvgIpc) is 2.71. The van der Waals surface area contributed by atoms with E-state index < -0.39 is 0 Å². The number of nitrogens with one attached hydrogen (secondary N) is 1. The van der Waals surface area contributed by atoms with Crippen LogP contribution in [0.15, 0.2) is 83.8 Å². The van der Waals surface area contributed by atoms with Crippen LogP contribution in [0.4, 0.5) is 10.1 Å². The molecule has 144 valence electrons. The van der Waals surface area contributed by atoms with Crippen LogP contribution in [-0.4, -0.2) is 10.5 Å². The van der Waals surface area contributed by atoms with Crippen molar-refractivity contribution in [1.29, 1.82) is 0 Å². The number of halogens is 1. The van der Waals surface area contributed by atoms with E-state index in [1.54, 1.807) is 29.0 Å². The lowest BCUT2D eigenvalue weighted by Gasteiger charge is -2.14. The van der Waals surface area contributed by atoms with E-state index in [1.807, 2.05) is 49.4 Å². The second-order valence-electron chi connectivity index (χ2n) is 6.94. The first-order valence-electron chi connectivity index (χ1n) is 9.26. The fraction of sp³-hybridized carbons (Fsp3) is 0.0833. The van der Waals surface area contributed by atoms with Gasteiger partial charge in [0.05, 0.1) is 5.52 Å². The quantitative estimate of drug-likeness (QED) is 0.550. The van der Waals surface area contributed by atoms with Crippen molar-refractivity contribution in [1.82, 2.24) is 4.57 Å². The minimum absolute atomic E-state index is 0.0450. The minimum atomic E-state index is -0.368. The topological polar surface area (TPSA) is 51.1 Å². The number of hydrogen-bond acceptors (Lipinski definition) is 2. The normalized spacial score (nSPS) is 10.8. The molecule has 0 fully saturated rings. The van der Waals surface area contributed by atoms with Gasteiger partial charge in [0.1, 0.15) is 12.4 Å². The number of nitrogens with zero attached hydrogens (tertiary/aromatic N) is 1. The van der Waals surface area contributed by atoms with Crippen molar-refractivity contribution < 1.29 is 9.18 Å². The number of carbonyl (C=O) groups excluding carboxylic acids is 1. The second kappa shape index (κ2) is 7.72. The van der Waals surface area contributed by atoms with Crippen LogP contribution in [-0.2, 0) is 11.3 Å². The highest BCUT2D eigenvalue weighted by atomic mass is 19.1. The van der Waals surface area contributed by atoms with Crippen LogP contribution in [0.1, 0.15) is 5.56 Å². The molecule has 1 heterocycles. The van der Waals surface area contributed by atoms with Crippen molar-refractivity contribution in [2.45, 2.75) is 13.5 Å². The highest BCUT2D eigenvalue weighted by Crippen LogP contribution is 2.21. The zero-order valence-corrected chi connectivity index (χ0v) is 15.9. The third-order valence-corrected chi connectivity index (χ3v) is 4.76. The molecule has 1 aromatic heterocycles. The molecule has 0 unspecified atom stereocenters. The number of fused-ring (bicyclic) bond motifs is 1. The lowest BCUT2D eigenvalue weighted by molar-refractivity contribution is -0.116. The molecule has 0 atom stereocenters. The summed E-state index contributed by atoms with van der Waals surface area (Å²) in [6, 6.07) is 20.5. The Balaban J connectivity index is 1.80. The number of benzene rings is 3. The predicted molar refractivity (Wildman–Crippen MR) is 113 cm³/mol. The molecule has 4 nitrogen and oxygen atoms in total.